The molecule has 3 rings (SSSR count). The van der Waals surface area contributed by atoms with Crippen LogP contribution in [0.2, 0.25) is 0 Å². The van der Waals surface area contributed by atoms with E-state index in [1.807, 2.05) is 19.1 Å². The Labute approximate surface area is 209 Å². The number of nitrogens with zero attached hydrogens (tertiary/aromatic N) is 1. The summed E-state index contributed by atoms with van der Waals surface area (Å²) in [7, 11) is 1.78. The Balaban J connectivity index is 0.00000363. The van der Waals surface area contributed by atoms with Gasteiger partial charge in [0.1, 0.15) is 12.4 Å². The van der Waals surface area contributed by atoms with Gasteiger partial charge in [0.2, 0.25) is 0 Å². The number of aliphatic imine (C=N–C) groups is 1. The Morgan fingerprint density at radius 1 is 1.09 bits per heavy atom. The molecule has 0 aliphatic carbocycles. The molecule has 0 bridgehead atoms. The molecule has 0 amide bonds. The van der Waals surface area contributed by atoms with Gasteiger partial charge >= 0.3 is 0 Å². The number of benzene rings is 2. The second-order valence-electron chi connectivity index (χ2n) is 7.74. The van der Waals surface area contributed by atoms with E-state index in [1.54, 1.807) is 7.05 Å². The molecule has 1 unspecified atom stereocenters. The first-order valence-electron chi connectivity index (χ1n) is 11.1. The van der Waals surface area contributed by atoms with Gasteiger partial charge < -0.3 is 24.8 Å². The molecule has 1 heterocycles. The Hall–Kier alpha value is -1.84. The summed E-state index contributed by atoms with van der Waals surface area (Å²) in [6.45, 7) is 8.16. The molecular formula is C25H36IN3O3. The molecule has 2 aromatic carbocycles. The monoisotopic (exact) mass is 553 g/mol. The van der Waals surface area contributed by atoms with Crippen molar-refractivity contribution >= 4 is 29.9 Å². The Morgan fingerprint density at radius 2 is 1.84 bits per heavy atom. The zero-order valence-electron chi connectivity index (χ0n) is 19.4. The number of guanidine groups is 1. The minimum absolute atomic E-state index is 0. The van der Waals surface area contributed by atoms with E-state index >= 15 is 0 Å². The van der Waals surface area contributed by atoms with Gasteiger partial charge in [0, 0.05) is 38.9 Å². The standard InChI is InChI=1S/C25H35N3O3.HI/c1-4-29-17-22-9-6-5-8-20(22)15-27-25(26-3)28-16-21-12-11-19(2)14-24(21)31-18-23-10-7-13-30-23;/h5-6,8-9,11-12,14,23H,4,7,10,13,15-18H2,1-3H3,(H2,26,27,28);1H. The van der Waals surface area contributed by atoms with Crippen molar-refractivity contribution in [1.82, 2.24) is 10.6 Å². The van der Waals surface area contributed by atoms with Crippen molar-refractivity contribution in [3.63, 3.8) is 0 Å². The van der Waals surface area contributed by atoms with Crippen molar-refractivity contribution in [2.24, 2.45) is 4.99 Å². The van der Waals surface area contributed by atoms with E-state index < -0.39 is 0 Å². The van der Waals surface area contributed by atoms with Crippen molar-refractivity contribution in [3.8, 4) is 5.75 Å². The number of aryl methyl sites for hydroxylation is 1. The quantitative estimate of drug-likeness (QED) is 0.257. The summed E-state index contributed by atoms with van der Waals surface area (Å²) in [5, 5.41) is 6.81. The molecule has 6 nitrogen and oxygen atoms in total. The summed E-state index contributed by atoms with van der Waals surface area (Å²) in [6.07, 6.45) is 2.39. The van der Waals surface area contributed by atoms with E-state index in [1.165, 1.54) is 16.7 Å². The van der Waals surface area contributed by atoms with Crippen molar-refractivity contribution in [1.29, 1.82) is 0 Å². The lowest BCUT2D eigenvalue weighted by Crippen LogP contribution is -2.36. The van der Waals surface area contributed by atoms with Crippen molar-refractivity contribution in [3.05, 3.63) is 64.7 Å². The molecule has 2 aromatic rings. The molecule has 1 aliphatic rings. The molecule has 0 spiro atoms. The number of ether oxygens (including phenoxy) is 3. The second-order valence-corrected chi connectivity index (χ2v) is 7.74. The van der Waals surface area contributed by atoms with Gasteiger partial charge in [0.25, 0.3) is 0 Å². The molecule has 7 heteroatoms. The van der Waals surface area contributed by atoms with Gasteiger partial charge in [0.15, 0.2) is 5.96 Å². The maximum atomic E-state index is 6.11. The first-order valence-corrected chi connectivity index (χ1v) is 11.1. The third kappa shape index (κ3) is 8.26. The number of hydrogen-bond acceptors (Lipinski definition) is 4. The molecule has 1 aliphatic heterocycles. The predicted octanol–water partition coefficient (Wildman–Crippen LogP) is 4.57. The van der Waals surface area contributed by atoms with Gasteiger partial charge in [-0.1, -0.05) is 36.4 Å². The highest BCUT2D eigenvalue weighted by molar-refractivity contribution is 14.0. The van der Waals surface area contributed by atoms with E-state index in [2.05, 4.69) is 52.9 Å². The van der Waals surface area contributed by atoms with Gasteiger partial charge in [-0.15, -0.1) is 24.0 Å². The molecule has 32 heavy (non-hydrogen) atoms. The highest BCUT2D eigenvalue weighted by atomic mass is 127. The van der Waals surface area contributed by atoms with Crippen LogP contribution in [0.25, 0.3) is 0 Å². The van der Waals surface area contributed by atoms with Gasteiger partial charge in [-0.3, -0.25) is 4.99 Å². The van der Waals surface area contributed by atoms with Crippen LogP contribution >= 0.6 is 24.0 Å². The summed E-state index contributed by atoms with van der Waals surface area (Å²) in [6, 6.07) is 14.6. The lowest BCUT2D eigenvalue weighted by Gasteiger charge is -2.17. The van der Waals surface area contributed by atoms with Crippen molar-refractivity contribution in [2.45, 2.75) is 52.5 Å². The molecule has 0 aromatic heterocycles. The number of hydrogen-bond donors (Lipinski definition) is 2. The fraction of sp³-hybridized carbons (Fsp3) is 0.480. The Kier molecular flexibility index (Phi) is 11.8. The summed E-state index contributed by atoms with van der Waals surface area (Å²) < 4.78 is 17.4. The average molecular weight is 553 g/mol. The van der Waals surface area contributed by atoms with Crippen LogP contribution in [0.1, 0.15) is 42.0 Å². The third-order valence-corrected chi connectivity index (χ3v) is 5.37. The van der Waals surface area contributed by atoms with Crippen LogP contribution in [0, 0.1) is 6.92 Å². The molecule has 1 saturated heterocycles. The predicted molar refractivity (Wildman–Crippen MR) is 140 cm³/mol. The van der Waals surface area contributed by atoms with Crippen molar-refractivity contribution in [2.75, 3.05) is 26.9 Å². The van der Waals surface area contributed by atoms with Crippen molar-refractivity contribution < 1.29 is 14.2 Å². The highest BCUT2D eigenvalue weighted by Gasteiger charge is 2.17. The van der Waals surface area contributed by atoms with Crippen LogP contribution in [0.3, 0.4) is 0 Å². The average Bonchev–Trinajstić information content (AvgIpc) is 3.31. The molecular weight excluding hydrogens is 517 g/mol. The third-order valence-electron chi connectivity index (χ3n) is 5.37. The molecule has 0 saturated carbocycles. The zero-order valence-corrected chi connectivity index (χ0v) is 21.7. The van der Waals surface area contributed by atoms with Crippen LogP contribution in [0.15, 0.2) is 47.5 Å². The SMILES string of the molecule is CCOCc1ccccc1CNC(=NC)NCc1ccc(C)cc1OCC1CCCO1.I. The molecule has 1 atom stereocenters. The zero-order chi connectivity index (χ0) is 21.9. The van der Waals surface area contributed by atoms with Gasteiger partial charge in [-0.05, 0) is 49.4 Å². The molecule has 0 radical (unpaired) electrons. The summed E-state index contributed by atoms with van der Waals surface area (Å²) >= 11 is 0. The number of nitrogens with one attached hydrogen (secondary N) is 2. The summed E-state index contributed by atoms with van der Waals surface area (Å²) in [5.74, 6) is 1.65. The first-order chi connectivity index (χ1) is 15.2. The molecule has 2 N–H and O–H groups in total. The molecule has 1 fully saturated rings. The van der Waals surface area contributed by atoms with E-state index in [0.29, 0.717) is 32.9 Å². The van der Waals surface area contributed by atoms with E-state index in [0.717, 1.165) is 36.7 Å². The van der Waals surface area contributed by atoms with Gasteiger partial charge in [-0.25, -0.2) is 0 Å². The number of rotatable bonds is 10. The highest BCUT2D eigenvalue weighted by Crippen LogP contribution is 2.22. The van der Waals surface area contributed by atoms with E-state index in [-0.39, 0.29) is 30.1 Å². The Bertz CT molecular complexity index is 854. The topological polar surface area (TPSA) is 64.1 Å². The second kappa shape index (κ2) is 14.3. The van der Waals surface area contributed by atoms with Crippen LogP contribution < -0.4 is 15.4 Å². The van der Waals surface area contributed by atoms with E-state index in [4.69, 9.17) is 14.2 Å². The van der Waals surface area contributed by atoms with Gasteiger partial charge in [-0.2, -0.15) is 0 Å². The molecule has 176 valence electrons. The van der Waals surface area contributed by atoms with E-state index in [9.17, 15) is 0 Å². The van der Waals surface area contributed by atoms with Crippen LogP contribution in [0.4, 0.5) is 0 Å². The fourth-order valence-electron chi connectivity index (χ4n) is 3.56. The minimum Gasteiger partial charge on any atom is -0.491 e. The summed E-state index contributed by atoms with van der Waals surface area (Å²) in [4.78, 5) is 4.37. The van der Waals surface area contributed by atoms with Crippen LogP contribution in [-0.4, -0.2) is 38.9 Å². The maximum Gasteiger partial charge on any atom is 0.191 e. The number of halogens is 1. The normalized spacial score (nSPS) is 15.8. The largest absolute Gasteiger partial charge is 0.491 e. The van der Waals surface area contributed by atoms with Crippen LogP contribution in [0.5, 0.6) is 5.75 Å². The Morgan fingerprint density at radius 3 is 2.53 bits per heavy atom. The van der Waals surface area contributed by atoms with Crippen LogP contribution in [-0.2, 0) is 29.2 Å². The smallest absolute Gasteiger partial charge is 0.191 e. The lowest BCUT2D eigenvalue weighted by atomic mass is 10.1. The summed E-state index contributed by atoms with van der Waals surface area (Å²) in [5.41, 5.74) is 4.67. The lowest BCUT2D eigenvalue weighted by molar-refractivity contribution is 0.0676. The fourth-order valence-corrected chi connectivity index (χ4v) is 3.56. The maximum absolute atomic E-state index is 6.11. The van der Waals surface area contributed by atoms with Gasteiger partial charge in [0.05, 0.1) is 12.7 Å². The first kappa shape index (κ1) is 26.4. The minimum atomic E-state index is 0.